The SMILES string of the molecule is [O]c1ccc2ccccc2c1-c1c(O[PH])ccc2ccccc12. The molecule has 4 aromatic rings. The van der Waals surface area contributed by atoms with E-state index in [0.717, 1.165) is 27.1 Å². The zero-order chi connectivity index (χ0) is 15.8. The van der Waals surface area contributed by atoms with Gasteiger partial charge in [0.05, 0.1) is 0 Å². The van der Waals surface area contributed by atoms with Gasteiger partial charge >= 0.3 is 0 Å². The first-order valence-electron chi connectivity index (χ1n) is 7.34. The molecule has 0 aromatic heterocycles. The number of fused-ring (bicyclic) bond motifs is 2. The number of rotatable bonds is 2. The van der Waals surface area contributed by atoms with Crippen molar-refractivity contribution >= 4 is 31.0 Å². The van der Waals surface area contributed by atoms with Gasteiger partial charge in [-0.3, -0.25) is 5.11 Å². The lowest BCUT2D eigenvalue weighted by molar-refractivity contribution is 0.357. The first-order valence-corrected chi connectivity index (χ1v) is 7.75. The average molecular weight is 316 g/mol. The monoisotopic (exact) mass is 316 g/mol. The predicted molar refractivity (Wildman–Crippen MR) is 96.0 cm³/mol. The highest BCUT2D eigenvalue weighted by Crippen LogP contribution is 2.45. The van der Waals surface area contributed by atoms with Crippen LogP contribution in [0.25, 0.3) is 32.7 Å². The fraction of sp³-hybridized carbons (Fsp3) is 0. The van der Waals surface area contributed by atoms with Gasteiger partial charge in [0.25, 0.3) is 0 Å². The quantitative estimate of drug-likeness (QED) is 0.402. The summed E-state index contributed by atoms with van der Waals surface area (Å²) < 4.78 is 5.38. The molecule has 0 saturated carbocycles. The van der Waals surface area contributed by atoms with Gasteiger partial charge in [-0.25, -0.2) is 0 Å². The van der Waals surface area contributed by atoms with Crippen LogP contribution in [0.5, 0.6) is 11.5 Å². The van der Waals surface area contributed by atoms with Gasteiger partial charge in [-0.05, 0) is 33.7 Å². The lowest BCUT2D eigenvalue weighted by Crippen LogP contribution is -1.88. The molecular weight excluding hydrogens is 303 g/mol. The van der Waals surface area contributed by atoms with E-state index in [-0.39, 0.29) is 5.75 Å². The van der Waals surface area contributed by atoms with Crippen molar-refractivity contribution in [1.29, 1.82) is 0 Å². The topological polar surface area (TPSA) is 29.1 Å². The van der Waals surface area contributed by atoms with Crippen molar-refractivity contribution in [3.8, 4) is 22.6 Å². The Bertz CT molecular complexity index is 1020. The largest absolute Gasteiger partial charge is 0.469 e. The van der Waals surface area contributed by atoms with Gasteiger partial charge in [-0.2, -0.15) is 0 Å². The summed E-state index contributed by atoms with van der Waals surface area (Å²) in [7, 11) is 3.13. The van der Waals surface area contributed by atoms with E-state index in [9.17, 15) is 5.11 Å². The van der Waals surface area contributed by atoms with Crippen LogP contribution in [0.3, 0.4) is 0 Å². The smallest absolute Gasteiger partial charge is 0.187 e. The minimum absolute atomic E-state index is 0.00924. The van der Waals surface area contributed by atoms with Crippen LogP contribution in [0.2, 0.25) is 0 Å². The van der Waals surface area contributed by atoms with Crippen molar-refractivity contribution in [2.75, 3.05) is 0 Å². The number of hydrogen-bond donors (Lipinski definition) is 0. The molecule has 0 aliphatic rings. The van der Waals surface area contributed by atoms with Crippen molar-refractivity contribution in [3.05, 3.63) is 72.8 Å². The highest BCUT2D eigenvalue weighted by molar-refractivity contribution is 7.10. The second kappa shape index (κ2) is 5.57. The summed E-state index contributed by atoms with van der Waals surface area (Å²) in [5.74, 6) is 0.624. The van der Waals surface area contributed by atoms with E-state index in [0.29, 0.717) is 11.3 Å². The van der Waals surface area contributed by atoms with E-state index in [1.807, 2.05) is 66.7 Å². The molecule has 2 radical (unpaired) electrons. The van der Waals surface area contributed by atoms with Gasteiger partial charge in [-0.15, -0.1) is 0 Å². The second-order valence-electron chi connectivity index (χ2n) is 5.42. The predicted octanol–water partition coefficient (Wildman–Crippen LogP) is 6.24. The van der Waals surface area contributed by atoms with Crippen LogP contribution in [-0.2, 0) is 5.11 Å². The van der Waals surface area contributed by atoms with Crippen LogP contribution in [0.1, 0.15) is 0 Å². The van der Waals surface area contributed by atoms with Crippen LogP contribution in [0, 0.1) is 0 Å². The Morgan fingerprint density at radius 1 is 0.652 bits per heavy atom. The molecule has 4 rings (SSSR count). The van der Waals surface area contributed by atoms with E-state index >= 15 is 0 Å². The maximum absolute atomic E-state index is 12.7. The molecule has 23 heavy (non-hydrogen) atoms. The molecule has 0 bridgehead atoms. The lowest BCUT2D eigenvalue weighted by atomic mass is 9.92. The summed E-state index contributed by atoms with van der Waals surface area (Å²) in [6, 6.07) is 23.3. The maximum atomic E-state index is 12.7. The molecule has 0 heterocycles. The molecule has 0 spiro atoms. The fourth-order valence-electron chi connectivity index (χ4n) is 3.10. The molecule has 0 fully saturated rings. The van der Waals surface area contributed by atoms with Crippen LogP contribution >= 0.6 is 9.47 Å². The highest BCUT2D eigenvalue weighted by atomic mass is 31.0. The zero-order valence-corrected chi connectivity index (χ0v) is 13.2. The summed E-state index contributed by atoms with van der Waals surface area (Å²) >= 11 is 0. The van der Waals surface area contributed by atoms with Crippen molar-refractivity contribution in [1.82, 2.24) is 0 Å². The average Bonchev–Trinajstić information content (AvgIpc) is 2.61. The summed E-state index contributed by atoms with van der Waals surface area (Å²) in [6.07, 6.45) is 0. The van der Waals surface area contributed by atoms with Crippen molar-refractivity contribution in [3.63, 3.8) is 0 Å². The molecule has 0 unspecified atom stereocenters. The van der Waals surface area contributed by atoms with Crippen LogP contribution in [-0.4, -0.2) is 0 Å². The lowest BCUT2D eigenvalue weighted by Gasteiger charge is -2.14. The Morgan fingerprint density at radius 2 is 1.22 bits per heavy atom. The van der Waals surface area contributed by atoms with Crippen molar-refractivity contribution in [2.24, 2.45) is 0 Å². The standard InChI is InChI=1S/C20H13O2P/c21-17-11-9-13-5-1-3-7-15(13)19(17)20-16-8-4-2-6-14(16)10-12-18(20)22-23/h1-12,23H. The molecular formula is C20H13O2P. The Balaban J connectivity index is 2.21. The van der Waals surface area contributed by atoms with Gasteiger partial charge < -0.3 is 4.52 Å². The van der Waals surface area contributed by atoms with E-state index in [4.69, 9.17) is 4.52 Å². The maximum Gasteiger partial charge on any atom is 0.187 e. The summed E-state index contributed by atoms with van der Waals surface area (Å²) in [6.45, 7) is 0. The fourth-order valence-corrected chi connectivity index (χ4v) is 3.27. The molecule has 2 nitrogen and oxygen atoms in total. The third-order valence-electron chi connectivity index (χ3n) is 4.14. The molecule has 4 aromatic carbocycles. The Labute approximate surface area is 136 Å². The third-order valence-corrected chi connectivity index (χ3v) is 4.36. The minimum atomic E-state index is -0.00924. The molecule has 0 N–H and O–H groups in total. The van der Waals surface area contributed by atoms with Crippen LogP contribution < -0.4 is 4.52 Å². The highest BCUT2D eigenvalue weighted by Gasteiger charge is 2.18. The Hall–Kier alpha value is -2.57. The van der Waals surface area contributed by atoms with Gasteiger partial charge in [0, 0.05) is 11.1 Å². The molecule has 0 atom stereocenters. The van der Waals surface area contributed by atoms with Crippen molar-refractivity contribution in [2.45, 2.75) is 0 Å². The van der Waals surface area contributed by atoms with Gasteiger partial charge in [0.15, 0.2) is 5.75 Å². The minimum Gasteiger partial charge on any atom is -0.469 e. The van der Waals surface area contributed by atoms with E-state index in [1.54, 1.807) is 6.07 Å². The summed E-state index contributed by atoms with van der Waals surface area (Å²) in [5, 5.41) is 16.7. The molecule has 110 valence electrons. The Morgan fingerprint density at radius 3 is 1.87 bits per heavy atom. The van der Waals surface area contributed by atoms with Crippen molar-refractivity contribution < 1.29 is 9.63 Å². The van der Waals surface area contributed by atoms with Gasteiger partial charge in [0.2, 0.25) is 0 Å². The number of benzene rings is 4. The van der Waals surface area contributed by atoms with E-state index < -0.39 is 0 Å². The van der Waals surface area contributed by atoms with E-state index in [1.165, 1.54) is 0 Å². The van der Waals surface area contributed by atoms with E-state index in [2.05, 4.69) is 9.47 Å². The Kier molecular flexibility index (Phi) is 3.40. The first kappa shape index (κ1) is 14.0. The summed E-state index contributed by atoms with van der Waals surface area (Å²) in [4.78, 5) is 0. The van der Waals surface area contributed by atoms with Gasteiger partial charge in [0.1, 0.15) is 15.2 Å². The second-order valence-corrected chi connectivity index (χ2v) is 5.63. The summed E-state index contributed by atoms with van der Waals surface area (Å²) in [5.41, 5.74) is 1.49. The number of hydrogen-bond acceptors (Lipinski definition) is 1. The first-order chi connectivity index (χ1) is 11.3. The normalized spacial score (nSPS) is 11.0. The molecule has 0 amide bonds. The van der Waals surface area contributed by atoms with Gasteiger partial charge in [-0.1, -0.05) is 60.7 Å². The molecule has 3 heteroatoms. The van der Waals surface area contributed by atoms with Crippen LogP contribution in [0.4, 0.5) is 0 Å². The molecule has 0 saturated heterocycles. The van der Waals surface area contributed by atoms with Crippen LogP contribution in [0.15, 0.2) is 72.8 Å². The molecule has 0 aliphatic carbocycles. The molecule has 0 aliphatic heterocycles. The zero-order valence-electron chi connectivity index (χ0n) is 12.2. The third kappa shape index (κ3) is 2.23.